The number of carbonyl (C=O) groups excluding carboxylic acids is 1. The topological polar surface area (TPSA) is 65.4 Å². The minimum Gasteiger partial charge on any atom is -0.464 e. The lowest BCUT2D eigenvalue weighted by Crippen LogP contribution is -2.12. The van der Waals surface area contributed by atoms with Crippen molar-refractivity contribution in [1.29, 1.82) is 0 Å². The lowest BCUT2D eigenvalue weighted by molar-refractivity contribution is 0.0586. The molecule has 5 nitrogen and oxygen atoms in total. The molecular formula is C12H13NO4S. The molecule has 0 saturated carbocycles. The summed E-state index contributed by atoms with van der Waals surface area (Å²) in [6.07, 6.45) is 1.08. The molecule has 6 heteroatoms. The summed E-state index contributed by atoms with van der Waals surface area (Å²) in [6, 6.07) is 6.96. The van der Waals surface area contributed by atoms with Gasteiger partial charge in [0.2, 0.25) is 0 Å². The number of hydrogen-bond donors (Lipinski definition) is 0. The normalized spacial score (nSPS) is 11.7. The summed E-state index contributed by atoms with van der Waals surface area (Å²) in [5.74, 6) is -0.658. The van der Waals surface area contributed by atoms with E-state index in [4.69, 9.17) is 0 Å². The van der Waals surface area contributed by atoms with Crippen LogP contribution in [0.3, 0.4) is 0 Å². The van der Waals surface area contributed by atoms with Crippen LogP contribution in [-0.2, 0) is 21.6 Å². The van der Waals surface area contributed by atoms with Crippen molar-refractivity contribution in [3.05, 3.63) is 30.0 Å². The smallest absolute Gasteiger partial charge is 0.356 e. The van der Waals surface area contributed by atoms with Gasteiger partial charge in [0.05, 0.1) is 7.11 Å². The highest BCUT2D eigenvalue weighted by atomic mass is 32.2. The average molecular weight is 267 g/mol. The molecule has 0 aliphatic carbocycles. The number of ether oxygens (including phenoxy) is 1. The highest BCUT2D eigenvalue weighted by Gasteiger charge is 2.27. The van der Waals surface area contributed by atoms with E-state index in [2.05, 4.69) is 4.74 Å². The molecule has 0 bridgehead atoms. The highest BCUT2D eigenvalue weighted by molar-refractivity contribution is 7.91. The number of aromatic nitrogens is 1. The molecule has 0 spiro atoms. The predicted molar refractivity (Wildman–Crippen MR) is 67.4 cm³/mol. The zero-order valence-corrected chi connectivity index (χ0v) is 11.1. The SMILES string of the molecule is COC(=O)c1c(S(C)(=O)=O)c2ccccc2n1C. The Hall–Kier alpha value is -1.82. The highest BCUT2D eigenvalue weighted by Crippen LogP contribution is 2.29. The van der Waals surface area contributed by atoms with E-state index in [1.165, 1.54) is 11.7 Å². The van der Waals surface area contributed by atoms with Crippen LogP contribution in [-0.4, -0.2) is 32.3 Å². The first-order valence-corrected chi connectivity index (χ1v) is 7.13. The third-order valence-corrected chi connectivity index (χ3v) is 3.96. The first-order valence-electron chi connectivity index (χ1n) is 5.23. The van der Waals surface area contributed by atoms with Crippen LogP contribution >= 0.6 is 0 Å². The van der Waals surface area contributed by atoms with Crippen molar-refractivity contribution in [1.82, 2.24) is 4.57 Å². The Morgan fingerprint density at radius 3 is 2.44 bits per heavy atom. The molecule has 2 rings (SSSR count). The Morgan fingerprint density at radius 1 is 1.28 bits per heavy atom. The van der Waals surface area contributed by atoms with Gasteiger partial charge in [-0.05, 0) is 6.07 Å². The van der Waals surface area contributed by atoms with Crippen molar-refractivity contribution in [2.24, 2.45) is 7.05 Å². The molecule has 0 atom stereocenters. The van der Waals surface area contributed by atoms with Gasteiger partial charge >= 0.3 is 5.97 Å². The van der Waals surface area contributed by atoms with Crippen molar-refractivity contribution in [3.63, 3.8) is 0 Å². The molecule has 96 valence electrons. The van der Waals surface area contributed by atoms with Gasteiger partial charge in [-0.3, -0.25) is 0 Å². The van der Waals surface area contributed by atoms with Gasteiger partial charge in [-0.1, -0.05) is 18.2 Å². The van der Waals surface area contributed by atoms with Crippen LogP contribution in [0.25, 0.3) is 10.9 Å². The van der Waals surface area contributed by atoms with Gasteiger partial charge in [-0.25, -0.2) is 13.2 Å². The van der Waals surface area contributed by atoms with E-state index < -0.39 is 15.8 Å². The number of hydrogen-bond acceptors (Lipinski definition) is 4. The molecule has 1 aromatic carbocycles. The number of aryl methyl sites for hydroxylation is 1. The summed E-state index contributed by atoms with van der Waals surface area (Å²) in [5.41, 5.74) is 0.736. The van der Waals surface area contributed by atoms with E-state index in [0.717, 1.165) is 6.26 Å². The van der Waals surface area contributed by atoms with Crippen LogP contribution in [0.15, 0.2) is 29.2 Å². The van der Waals surface area contributed by atoms with Crippen molar-refractivity contribution in [3.8, 4) is 0 Å². The lowest BCUT2D eigenvalue weighted by atomic mass is 10.2. The van der Waals surface area contributed by atoms with Crippen LogP contribution in [0.4, 0.5) is 0 Å². The molecule has 1 aromatic heterocycles. The summed E-state index contributed by atoms with van der Waals surface area (Å²) in [7, 11) is -0.646. The quantitative estimate of drug-likeness (QED) is 0.771. The molecule has 0 aliphatic heterocycles. The first-order chi connectivity index (χ1) is 8.38. The Labute approximate surface area is 105 Å². The summed E-state index contributed by atoms with van der Waals surface area (Å²) in [5, 5.41) is 0.530. The maximum absolute atomic E-state index is 11.9. The number of rotatable bonds is 2. The number of para-hydroxylation sites is 1. The van der Waals surface area contributed by atoms with Crippen LogP contribution < -0.4 is 0 Å². The largest absolute Gasteiger partial charge is 0.464 e. The molecular weight excluding hydrogens is 254 g/mol. The second kappa shape index (κ2) is 4.13. The Morgan fingerprint density at radius 2 is 1.89 bits per heavy atom. The molecule has 1 heterocycles. The van der Waals surface area contributed by atoms with Crippen molar-refractivity contribution in [2.75, 3.05) is 13.4 Å². The van der Waals surface area contributed by atoms with Crippen molar-refractivity contribution in [2.45, 2.75) is 4.90 Å². The summed E-state index contributed by atoms with van der Waals surface area (Å²) in [4.78, 5) is 11.8. The molecule has 0 radical (unpaired) electrons. The van der Waals surface area contributed by atoms with E-state index in [-0.39, 0.29) is 10.6 Å². The van der Waals surface area contributed by atoms with Crippen LogP contribution in [0.1, 0.15) is 10.5 Å². The number of esters is 1. The summed E-state index contributed by atoms with van der Waals surface area (Å²) in [6.45, 7) is 0. The first kappa shape index (κ1) is 12.6. The van der Waals surface area contributed by atoms with Gasteiger partial charge in [0.25, 0.3) is 0 Å². The van der Waals surface area contributed by atoms with Crippen LogP contribution in [0, 0.1) is 0 Å². The predicted octanol–water partition coefficient (Wildman–Crippen LogP) is 1.37. The number of carbonyl (C=O) groups is 1. The summed E-state index contributed by atoms with van der Waals surface area (Å²) >= 11 is 0. The fourth-order valence-electron chi connectivity index (χ4n) is 2.06. The van der Waals surface area contributed by atoms with Crippen molar-refractivity contribution >= 4 is 26.7 Å². The number of sulfone groups is 1. The van der Waals surface area contributed by atoms with E-state index >= 15 is 0 Å². The van der Waals surface area contributed by atoms with Gasteiger partial charge in [-0.15, -0.1) is 0 Å². The van der Waals surface area contributed by atoms with Crippen molar-refractivity contribution < 1.29 is 17.9 Å². The lowest BCUT2D eigenvalue weighted by Gasteiger charge is -2.04. The van der Waals surface area contributed by atoms with Gasteiger partial charge in [0.15, 0.2) is 9.84 Å². The van der Waals surface area contributed by atoms with Gasteiger partial charge in [-0.2, -0.15) is 0 Å². The third-order valence-electron chi connectivity index (χ3n) is 2.81. The minimum atomic E-state index is -3.52. The Bertz CT molecular complexity index is 728. The minimum absolute atomic E-state index is 0.0208. The molecule has 18 heavy (non-hydrogen) atoms. The molecule has 0 amide bonds. The number of benzene rings is 1. The third kappa shape index (κ3) is 1.78. The maximum atomic E-state index is 11.9. The maximum Gasteiger partial charge on any atom is 0.356 e. The number of methoxy groups -OCH3 is 1. The number of fused-ring (bicyclic) bond motifs is 1. The van der Waals surface area contributed by atoms with E-state index in [1.54, 1.807) is 31.3 Å². The summed E-state index contributed by atoms with van der Waals surface area (Å²) < 4.78 is 30.0. The fourth-order valence-corrected chi connectivity index (χ4v) is 3.20. The van der Waals surface area contributed by atoms with E-state index in [1.807, 2.05) is 0 Å². The van der Waals surface area contributed by atoms with Crippen LogP contribution in [0.5, 0.6) is 0 Å². The van der Waals surface area contributed by atoms with Crippen LogP contribution in [0.2, 0.25) is 0 Å². The molecule has 0 fully saturated rings. The zero-order valence-electron chi connectivity index (χ0n) is 10.3. The Kier molecular flexibility index (Phi) is 2.90. The second-order valence-electron chi connectivity index (χ2n) is 4.02. The molecule has 2 aromatic rings. The van der Waals surface area contributed by atoms with Gasteiger partial charge in [0, 0.05) is 24.2 Å². The molecule has 0 unspecified atom stereocenters. The van der Waals surface area contributed by atoms with E-state index in [9.17, 15) is 13.2 Å². The molecule has 0 saturated heterocycles. The average Bonchev–Trinajstić information content (AvgIpc) is 2.62. The second-order valence-corrected chi connectivity index (χ2v) is 5.97. The Balaban J connectivity index is 3.00. The van der Waals surface area contributed by atoms with Gasteiger partial charge in [0.1, 0.15) is 10.6 Å². The zero-order chi connectivity index (χ0) is 13.5. The molecule has 0 N–H and O–H groups in total. The monoisotopic (exact) mass is 267 g/mol. The number of nitrogens with zero attached hydrogens (tertiary/aromatic N) is 1. The van der Waals surface area contributed by atoms with E-state index in [0.29, 0.717) is 10.9 Å². The standard InChI is InChI=1S/C12H13NO4S/c1-13-9-7-5-4-6-8(9)11(18(3,15)16)10(13)12(14)17-2/h4-7H,1-3H3. The fraction of sp³-hybridized carbons (Fsp3) is 0.250. The van der Waals surface area contributed by atoms with Gasteiger partial charge < -0.3 is 9.30 Å². The molecule has 0 aliphatic rings.